The number of hydrogen-bond donors (Lipinski definition) is 1. The van der Waals surface area contributed by atoms with Gasteiger partial charge in [0.2, 0.25) is 0 Å². The maximum absolute atomic E-state index is 12.2. The van der Waals surface area contributed by atoms with E-state index in [9.17, 15) is 4.79 Å². The topological polar surface area (TPSA) is 41.6 Å². The zero-order valence-electron chi connectivity index (χ0n) is 11.9. The van der Waals surface area contributed by atoms with Gasteiger partial charge in [-0.2, -0.15) is 0 Å². The van der Waals surface area contributed by atoms with Crippen LogP contribution in [0.3, 0.4) is 0 Å². The van der Waals surface area contributed by atoms with Crippen LogP contribution in [0.15, 0.2) is 22.7 Å². The molecule has 1 N–H and O–H groups in total. The van der Waals surface area contributed by atoms with Gasteiger partial charge in [0.25, 0.3) is 5.91 Å². The van der Waals surface area contributed by atoms with Crippen LogP contribution in [0.5, 0.6) is 5.75 Å². The molecule has 0 aliphatic rings. The molecular formula is C14H21BrN2O2. The molecule has 1 amide bonds. The molecule has 0 saturated carbocycles. The number of amides is 1. The van der Waals surface area contributed by atoms with E-state index < -0.39 is 0 Å². The number of carbonyl (C=O) groups excluding carboxylic acids is 1. The first-order chi connectivity index (χ1) is 8.93. The molecule has 4 nitrogen and oxygen atoms in total. The number of rotatable bonds is 6. The fourth-order valence-corrected chi connectivity index (χ4v) is 2.06. The molecule has 0 heterocycles. The van der Waals surface area contributed by atoms with E-state index in [0.29, 0.717) is 11.3 Å². The van der Waals surface area contributed by atoms with Crippen molar-refractivity contribution in [3.05, 3.63) is 28.2 Å². The Bertz CT molecular complexity index is 435. The lowest BCUT2D eigenvalue weighted by Gasteiger charge is -2.17. The van der Waals surface area contributed by atoms with Crippen molar-refractivity contribution in [2.45, 2.75) is 19.4 Å². The van der Waals surface area contributed by atoms with Crippen molar-refractivity contribution < 1.29 is 9.53 Å². The Hall–Kier alpha value is -1.07. The summed E-state index contributed by atoms with van der Waals surface area (Å²) in [6.07, 6.45) is 0.917. The van der Waals surface area contributed by atoms with Crippen molar-refractivity contribution in [1.29, 1.82) is 0 Å². The molecule has 1 atom stereocenters. The molecule has 0 fully saturated rings. The predicted octanol–water partition coefficient (Wildman–Crippen LogP) is 2.53. The normalized spacial score (nSPS) is 12.3. The second-order valence-electron chi connectivity index (χ2n) is 4.81. The molecule has 1 aromatic carbocycles. The van der Waals surface area contributed by atoms with Gasteiger partial charge in [0.15, 0.2) is 0 Å². The first-order valence-electron chi connectivity index (χ1n) is 6.23. The standard InChI is InChI=1S/C14H21BrN2O2/c1-10(7-8-17(2)3)16-14(18)12-9-11(19-4)5-6-13(12)15/h5-6,9-10H,7-8H2,1-4H3,(H,16,18). The average molecular weight is 329 g/mol. The highest BCUT2D eigenvalue weighted by molar-refractivity contribution is 9.10. The summed E-state index contributed by atoms with van der Waals surface area (Å²) in [5, 5.41) is 2.99. The predicted molar refractivity (Wildman–Crippen MR) is 80.8 cm³/mol. The maximum Gasteiger partial charge on any atom is 0.252 e. The van der Waals surface area contributed by atoms with Crippen molar-refractivity contribution in [2.24, 2.45) is 0 Å². The van der Waals surface area contributed by atoms with E-state index in [1.807, 2.05) is 33.2 Å². The van der Waals surface area contributed by atoms with E-state index in [2.05, 4.69) is 26.1 Å². The monoisotopic (exact) mass is 328 g/mol. The lowest BCUT2D eigenvalue weighted by atomic mass is 10.1. The van der Waals surface area contributed by atoms with Crippen LogP contribution < -0.4 is 10.1 Å². The van der Waals surface area contributed by atoms with Gasteiger partial charge in [-0.3, -0.25) is 4.79 Å². The Morgan fingerprint density at radius 1 is 1.47 bits per heavy atom. The molecule has 0 aromatic heterocycles. The molecule has 1 rings (SSSR count). The summed E-state index contributed by atoms with van der Waals surface area (Å²) < 4.78 is 5.91. The van der Waals surface area contributed by atoms with E-state index in [4.69, 9.17) is 4.74 Å². The fraction of sp³-hybridized carbons (Fsp3) is 0.500. The third-order valence-corrected chi connectivity index (χ3v) is 3.50. The molecule has 19 heavy (non-hydrogen) atoms. The first kappa shape index (κ1) is 16.0. The largest absolute Gasteiger partial charge is 0.497 e. The van der Waals surface area contributed by atoms with Crippen LogP contribution in [-0.2, 0) is 0 Å². The number of ether oxygens (including phenoxy) is 1. The Kier molecular flexibility index (Phi) is 6.31. The minimum atomic E-state index is -0.0861. The lowest BCUT2D eigenvalue weighted by Crippen LogP contribution is -2.35. The second kappa shape index (κ2) is 7.50. The summed E-state index contributed by atoms with van der Waals surface area (Å²) in [5.74, 6) is 0.589. The SMILES string of the molecule is COc1ccc(Br)c(C(=O)NC(C)CCN(C)C)c1. The highest BCUT2D eigenvalue weighted by atomic mass is 79.9. The van der Waals surface area contributed by atoms with Crippen molar-refractivity contribution in [3.8, 4) is 5.75 Å². The number of nitrogens with zero attached hydrogens (tertiary/aromatic N) is 1. The zero-order chi connectivity index (χ0) is 14.4. The summed E-state index contributed by atoms with van der Waals surface area (Å²) in [7, 11) is 5.63. The molecule has 1 unspecified atom stereocenters. The van der Waals surface area contributed by atoms with Gasteiger partial charge >= 0.3 is 0 Å². The number of nitrogens with one attached hydrogen (secondary N) is 1. The van der Waals surface area contributed by atoms with Crippen molar-refractivity contribution >= 4 is 21.8 Å². The molecule has 0 aliphatic carbocycles. The molecule has 0 spiro atoms. The summed E-state index contributed by atoms with van der Waals surface area (Å²) in [6, 6.07) is 5.50. The van der Waals surface area contributed by atoms with Gasteiger partial charge in [0.1, 0.15) is 5.75 Å². The minimum absolute atomic E-state index is 0.0861. The summed E-state index contributed by atoms with van der Waals surface area (Å²) >= 11 is 3.39. The number of methoxy groups -OCH3 is 1. The van der Waals surface area contributed by atoms with Crippen LogP contribution in [0.2, 0.25) is 0 Å². The third kappa shape index (κ3) is 5.20. The van der Waals surface area contributed by atoms with Gasteiger partial charge in [-0.25, -0.2) is 0 Å². The number of halogens is 1. The maximum atomic E-state index is 12.2. The molecule has 5 heteroatoms. The van der Waals surface area contributed by atoms with Crippen LogP contribution in [-0.4, -0.2) is 44.6 Å². The highest BCUT2D eigenvalue weighted by Gasteiger charge is 2.14. The van der Waals surface area contributed by atoms with Crippen LogP contribution in [0.25, 0.3) is 0 Å². The van der Waals surface area contributed by atoms with Crippen LogP contribution >= 0.6 is 15.9 Å². The molecule has 106 valence electrons. The zero-order valence-corrected chi connectivity index (χ0v) is 13.5. The first-order valence-corrected chi connectivity index (χ1v) is 7.02. The van der Waals surface area contributed by atoms with Crippen LogP contribution in [0.4, 0.5) is 0 Å². The molecule has 1 aromatic rings. The van der Waals surface area contributed by atoms with Gasteiger partial charge < -0.3 is 15.0 Å². The molecule has 0 bridgehead atoms. The Morgan fingerprint density at radius 2 is 2.16 bits per heavy atom. The average Bonchev–Trinajstić information content (AvgIpc) is 2.36. The number of hydrogen-bond acceptors (Lipinski definition) is 3. The highest BCUT2D eigenvalue weighted by Crippen LogP contribution is 2.22. The van der Waals surface area contributed by atoms with E-state index in [1.54, 1.807) is 13.2 Å². The van der Waals surface area contributed by atoms with Gasteiger partial charge in [-0.15, -0.1) is 0 Å². The van der Waals surface area contributed by atoms with Crippen LogP contribution in [0, 0.1) is 0 Å². The van der Waals surface area contributed by atoms with Gasteiger partial charge in [-0.1, -0.05) is 0 Å². The Morgan fingerprint density at radius 3 is 2.74 bits per heavy atom. The second-order valence-corrected chi connectivity index (χ2v) is 5.67. The van der Waals surface area contributed by atoms with Gasteiger partial charge in [-0.05, 0) is 68.1 Å². The summed E-state index contributed by atoms with van der Waals surface area (Å²) in [5.41, 5.74) is 0.594. The summed E-state index contributed by atoms with van der Waals surface area (Å²) in [4.78, 5) is 14.3. The Balaban J connectivity index is 2.67. The third-order valence-electron chi connectivity index (χ3n) is 2.80. The van der Waals surface area contributed by atoms with Crippen molar-refractivity contribution in [2.75, 3.05) is 27.7 Å². The molecule has 0 radical (unpaired) electrons. The van der Waals surface area contributed by atoms with Crippen LogP contribution in [0.1, 0.15) is 23.7 Å². The van der Waals surface area contributed by atoms with E-state index in [0.717, 1.165) is 17.4 Å². The number of carbonyl (C=O) groups is 1. The van der Waals surface area contributed by atoms with E-state index >= 15 is 0 Å². The van der Waals surface area contributed by atoms with Gasteiger partial charge in [0, 0.05) is 10.5 Å². The summed E-state index contributed by atoms with van der Waals surface area (Å²) in [6.45, 7) is 2.95. The lowest BCUT2D eigenvalue weighted by molar-refractivity contribution is 0.0935. The van der Waals surface area contributed by atoms with E-state index in [-0.39, 0.29) is 11.9 Å². The van der Waals surface area contributed by atoms with Crippen molar-refractivity contribution in [3.63, 3.8) is 0 Å². The Labute approximate surface area is 123 Å². The fourth-order valence-electron chi connectivity index (χ4n) is 1.63. The molecular weight excluding hydrogens is 308 g/mol. The van der Waals surface area contributed by atoms with Gasteiger partial charge in [0.05, 0.1) is 12.7 Å². The number of benzene rings is 1. The molecule has 0 saturated heterocycles. The van der Waals surface area contributed by atoms with E-state index in [1.165, 1.54) is 0 Å². The molecule has 0 aliphatic heterocycles. The van der Waals surface area contributed by atoms with Crippen molar-refractivity contribution in [1.82, 2.24) is 10.2 Å². The quantitative estimate of drug-likeness (QED) is 0.872. The minimum Gasteiger partial charge on any atom is -0.497 e. The smallest absolute Gasteiger partial charge is 0.252 e.